The summed E-state index contributed by atoms with van der Waals surface area (Å²) in [5.74, 6) is 1.97. The van der Waals surface area contributed by atoms with E-state index < -0.39 is 0 Å². The molecule has 0 bridgehead atoms. The molecular formula is C10H15N5OS. The molecule has 2 aromatic rings. The van der Waals surface area contributed by atoms with E-state index in [0.29, 0.717) is 17.5 Å². The first-order valence-electron chi connectivity index (χ1n) is 5.26. The molecule has 0 spiro atoms. The van der Waals surface area contributed by atoms with Crippen LogP contribution in [-0.4, -0.2) is 24.9 Å². The molecule has 0 aromatic carbocycles. The van der Waals surface area contributed by atoms with Crippen molar-refractivity contribution in [2.75, 3.05) is 0 Å². The molecule has 2 aromatic heterocycles. The van der Waals surface area contributed by atoms with Crippen molar-refractivity contribution in [1.82, 2.24) is 24.9 Å². The molecule has 7 heteroatoms. The molecule has 0 aliphatic heterocycles. The molecule has 0 saturated heterocycles. The topological polar surface area (TPSA) is 69.6 Å². The van der Waals surface area contributed by atoms with E-state index in [4.69, 9.17) is 4.52 Å². The molecule has 0 N–H and O–H groups in total. The Labute approximate surface area is 104 Å². The predicted octanol–water partition coefficient (Wildman–Crippen LogP) is 1.79. The van der Waals surface area contributed by atoms with Gasteiger partial charge in [-0.05, 0) is 0 Å². The van der Waals surface area contributed by atoms with Crippen LogP contribution in [0.1, 0.15) is 32.5 Å². The third kappa shape index (κ3) is 2.85. The zero-order valence-electron chi connectivity index (χ0n) is 10.3. The van der Waals surface area contributed by atoms with Crippen LogP contribution in [0.15, 0.2) is 16.0 Å². The summed E-state index contributed by atoms with van der Waals surface area (Å²) in [7, 11) is 1.90. The molecule has 0 fully saturated rings. The molecule has 0 radical (unpaired) electrons. The fraction of sp³-hybridized carbons (Fsp3) is 0.600. The molecular weight excluding hydrogens is 238 g/mol. The lowest BCUT2D eigenvalue weighted by atomic mass is 9.97. The minimum absolute atomic E-state index is 0.110. The second-order valence-corrected chi connectivity index (χ2v) is 5.72. The van der Waals surface area contributed by atoms with E-state index in [-0.39, 0.29) is 5.41 Å². The van der Waals surface area contributed by atoms with Crippen LogP contribution in [0.2, 0.25) is 0 Å². The zero-order valence-corrected chi connectivity index (χ0v) is 11.2. The van der Waals surface area contributed by atoms with Crippen molar-refractivity contribution in [3.05, 3.63) is 18.0 Å². The third-order valence-corrected chi connectivity index (χ3v) is 3.14. The van der Waals surface area contributed by atoms with Crippen LogP contribution in [0.25, 0.3) is 0 Å². The Balaban J connectivity index is 2.01. The number of hydrogen-bond acceptors (Lipinski definition) is 6. The lowest BCUT2D eigenvalue weighted by Crippen LogP contribution is -2.11. The van der Waals surface area contributed by atoms with Crippen LogP contribution < -0.4 is 0 Å². The van der Waals surface area contributed by atoms with Gasteiger partial charge in [0.2, 0.25) is 5.89 Å². The van der Waals surface area contributed by atoms with Gasteiger partial charge in [0.15, 0.2) is 11.0 Å². The Kier molecular flexibility index (Phi) is 3.19. The van der Waals surface area contributed by atoms with Crippen molar-refractivity contribution in [2.45, 2.75) is 37.1 Å². The fourth-order valence-corrected chi connectivity index (χ4v) is 1.88. The molecule has 0 amide bonds. The van der Waals surface area contributed by atoms with Gasteiger partial charge in [0, 0.05) is 12.5 Å². The largest absolute Gasteiger partial charge is 0.339 e. The van der Waals surface area contributed by atoms with Gasteiger partial charge in [-0.2, -0.15) is 4.98 Å². The van der Waals surface area contributed by atoms with Gasteiger partial charge in [-0.15, -0.1) is 10.2 Å². The van der Waals surface area contributed by atoms with E-state index in [1.165, 1.54) is 11.8 Å². The van der Waals surface area contributed by atoms with Crippen LogP contribution >= 0.6 is 11.8 Å². The predicted molar refractivity (Wildman–Crippen MR) is 63.6 cm³/mol. The van der Waals surface area contributed by atoms with Gasteiger partial charge < -0.3 is 9.09 Å². The van der Waals surface area contributed by atoms with Crippen molar-refractivity contribution in [2.24, 2.45) is 7.05 Å². The lowest BCUT2D eigenvalue weighted by Gasteiger charge is -2.10. The van der Waals surface area contributed by atoms with Crippen LogP contribution in [0.5, 0.6) is 0 Å². The van der Waals surface area contributed by atoms with Crippen molar-refractivity contribution < 1.29 is 4.52 Å². The molecule has 2 rings (SSSR count). The molecule has 92 valence electrons. The maximum absolute atomic E-state index is 5.21. The van der Waals surface area contributed by atoms with Gasteiger partial charge >= 0.3 is 0 Å². The molecule has 0 atom stereocenters. The van der Waals surface area contributed by atoms with Crippen molar-refractivity contribution >= 4 is 11.8 Å². The quantitative estimate of drug-likeness (QED) is 0.777. The monoisotopic (exact) mass is 253 g/mol. The number of rotatable bonds is 3. The maximum Gasteiger partial charge on any atom is 0.232 e. The van der Waals surface area contributed by atoms with Crippen molar-refractivity contribution in [3.63, 3.8) is 0 Å². The summed E-state index contributed by atoms with van der Waals surface area (Å²) in [5, 5.41) is 12.6. The molecule has 17 heavy (non-hydrogen) atoms. The fourth-order valence-electron chi connectivity index (χ4n) is 1.15. The Hall–Kier alpha value is -1.37. The highest BCUT2D eigenvalue weighted by Crippen LogP contribution is 2.22. The molecule has 0 aliphatic carbocycles. The molecule has 2 heterocycles. The van der Waals surface area contributed by atoms with E-state index >= 15 is 0 Å². The van der Waals surface area contributed by atoms with Crippen LogP contribution in [0, 0.1) is 0 Å². The standard InChI is InChI=1S/C10H15N5OS/c1-10(2,3)8-12-7(14-16-8)5-17-9-13-11-6-15(9)4/h6H,5H2,1-4H3. The minimum atomic E-state index is -0.110. The Morgan fingerprint density at radius 1 is 1.41 bits per heavy atom. The van der Waals surface area contributed by atoms with E-state index in [1.54, 1.807) is 6.33 Å². The molecule has 6 nitrogen and oxygen atoms in total. The van der Waals surface area contributed by atoms with E-state index in [2.05, 4.69) is 20.3 Å². The minimum Gasteiger partial charge on any atom is -0.339 e. The highest BCUT2D eigenvalue weighted by Gasteiger charge is 2.21. The first-order valence-corrected chi connectivity index (χ1v) is 6.25. The van der Waals surface area contributed by atoms with Crippen molar-refractivity contribution in [3.8, 4) is 0 Å². The summed E-state index contributed by atoms with van der Waals surface area (Å²) in [5.41, 5.74) is -0.110. The molecule has 0 aliphatic rings. The van der Waals surface area contributed by atoms with E-state index in [9.17, 15) is 0 Å². The number of thioether (sulfide) groups is 1. The third-order valence-electron chi connectivity index (χ3n) is 2.11. The number of aryl methyl sites for hydroxylation is 1. The number of aromatic nitrogens is 5. The second-order valence-electron chi connectivity index (χ2n) is 4.78. The second kappa shape index (κ2) is 4.48. The zero-order chi connectivity index (χ0) is 12.5. The highest BCUT2D eigenvalue weighted by atomic mass is 32.2. The number of hydrogen-bond donors (Lipinski definition) is 0. The van der Waals surface area contributed by atoms with E-state index in [1.807, 2.05) is 32.4 Å². The summed E-state index contributed by atoms with van der Waals surface area (Å²) >= 11 is 1.54. The molecule has 0 saturated carbocycles. The summed E-state index contributed by atoms with van der Waals surface area (Å²) < 4.78 is 7.07. The van der Waals surface area contributed by atoms with Crippen LogP contribution in [0.4, 0.5) is 0 Å². The molecule has 0 unspecified atom stereocenters. The van der Waals surface area contributed by atoms with Crippen LogP contribution in [-0.2, 0) is 18.2 Å². The Bertz CT molecular complexity index is 499. The average molecular weight is 253 g/mol. The van der Waals surface area contributed by atoms with E-state index in [0.717, 1.165) is 5.16 Å². The summed E-state index contributed by atoms with van der Waals surface area (Å²) in [6.45, 7) is 6.13. The first kappa shape index (κ1) is 12.1. The SMILES string of the molecule is Cn1cnnc1SCc1noc(C(C)(C)C)n1. The van der Waals surface area contributed by atoms with Gasteiger partial charge in [0.05, 0.1) is 5.75 Å². The summed E-state index contributed by atoms with van der Waals surface area (Å²) in [6.07, 6.45) is 1.67. The highest BCUT2D eigenvalue weighted by molar-refractivity contribution is 7.98. The van der Waals surface area contributed by atoms with Crippen molar-refractivity contribution in [1.29, 1.82) is 0 Å². The summed E-state index contributed by atoms with van der Waals surface area (Å²) in [4.78, 5) is 4.35. The smallest absolute Gasteiger partial charge is 0.232 e. The van der Waals surface area contributed by atoms with Gasteiger partial charge in [0.1, 0.15) is 6.33 Å². The average Bonchev–Trinajstić information content (AvgIpc) is 2.82. The Morgan fingerprint density at radius 3 is 2.71 bits per heavy atom. The summed E-state index contributed by atoms with van der Waals surface area (Å²) in [6, 6.07) is 0. The normalized spacial score (nSPS) is 12.0. The van der Waals surface area contributed by atoms with Crippen LogP contribution in [0.3, 0.4) is 0 Å². The number of nitrogens with zero attached hydrogens (tertiary/aromatic N) is 5. The van der Waals surface area contributed by atoms with Gasteiger partial charge in [-0.25, -0.2) is 0 Å². The Morgan fingerprint density at radius 2 is 2.18 bits per heavy atom. The van der Waals surface area contributed by atoms with Gasteiger partial charge in [0.25, 0.3) is 0 Å². The lowest BCUT2D eigenvalue weighted by molar-refractivity contribution is 0.319. The first-order chi connectivity index (χ1) is 7.97. The maximum atomic E-state index is 5.21. The van der Waals surface area contributed by atoms with Gasteiger partial charge in [-0.3, -0.25) is 0 Å². The van der Waals surface area contributed by atoms with Gasteiger partial charge in [-0.1, -0.05) is 37.7 Å².